The molecule has 0 spiro atoms. The molecule has 3 heterocycles. The number of sulfonamides is 1. The van der Waals surface area contributed by atoms with Gasteiger partial charge in [0.05, 0.1) is 5.69 Å². The van der Waals surface area contributed by atoms with Crippen molar-refractivity contribution in [1.29, 1.82) is 0 Å². The van der Waals surface area contributed by atoms with Crippen LogP contribution in [0.1, 0.15) is 11.5 Å². The quantitative estimate of drug-likeness (QED) is 0.537. The van der Waals surface area contributed by atoms with Crippen molar-refractivity contribution in [3.63, 3.8) is 0 Å². The Kier molecular flexibility index (Phi) is 6.11. The lowest BCUT2D eigenvalue weighted by Crippen LogP contribution is -2.54. The molecule has 2 aromatic heterocycles. The molecule has 0 aromatic carbocycles. The molecule has 1 saturated heterocycles. The van der Waals surface area contributed by atoms with E-state index in [9.17, 15) is 8.42 Å². The van der Waals surface area contributed by atoms with E-state index in [1.165, 1.54) is 10.6 Å². The predicted octanol–water partition coefficient (Wildman–Crippen LogP) is -0.0975. The van der Waals surface area contributed by atoms with Crippen molar-refractivity contribution in [2.75, 3.05) is 39.8 Å². The summed E-state index contributed by atoms with van der Waals surface area (Å²) in [5.41, 5.74) is 0.421. The van der Waals surface area contributed by atoms with Crippen molar-refractivity contribution in [3.05, 3.63) is 36.2 Å². The third kappa shape index (κ3) is 4.86. The molecule has 3 rings (SSSR count). The first-order valence-electron chi connectivity index (χ1n) is 8.80. The van der Waals surface area contributed by atoms with Gasteiger partial charge in [-0.3, -0.25) is 4.99 Å². The van der Waals surface area contributed by atoms with Gasteiger partial charge in [0.1, 0.15) is 17.8 Å². The van der Waals surface area contributed by atoms with Crippen LogP contribution in [-0.2, 0) is 22.3 Å². The Morgan fingerprint density at radius 3 is 2.70 bits per heavy atom. The first-order valence-corrected chi connectivity index (χ1v) is 10.4. The Morgan fingerprint density at radius 2 is 2.11 bits per heavy atom. The second-order valence-corrected chi connectivity index (χ2v) is 8.24. The minimum absolute atomic E-state index is 0.138. The number of aryl methyl sites for hydroxylation is 1. The van der Waals surface area contributed by atoms with Crippen LogP contribution < -0.4 is 5.32 Å². The van der Waals surface area contributed by atoms with Crippen LogP contribution >= 0.6 is 0 Å². The molecule has 1 aliphatic rings. The lowest BCUT2D eigenvalue weighted by atomic mass is 10.4. The van der Waals surface area contributed by atoms with Crippen molar-refractivity contribution in [2.24, 2.45) is 4.99 Å². The Morgan fingerprint density at radius 1 is 1.33 bits per heavy atom. The Hall–Kier alpha value is -2.40. The van der Waals surface area contributed by atoms with Gasteiger partial charge in [-0.15, -0.1) is 0 Å². The molecule has 1 fully saturated rings. The van der Waals surface area contributed by atoms with E-state index in [4.69, 9.17) is 4.52 Å². The summed E-state index contributed by atoms with van der Waals surface area (Å²) >= 11 is 0. The molecule has 148 valence electrons. The second-order valence-electron chi connectivity index (χ2n) is 6.27. The predicted molar refractivity (Wildman–Crippen MR) is 101 cm³/mol. The number of hydrogen-bond acceptors (Lipinski definition) is 6. The molecule has 0 amide bonds. The summed E-state index contributed by atoms with van der Waals surface area (Å²) in [6, 6.07) is 1.57. The summed E-state index contributed by atoms with van der Waals surface area (Å²) in [7, 11) is -1.67. The van der Waals surface area contributed by atoms with E-state index in [1.54, 1.807) is 19.3 Å². The summed E-state index contributed by atoms with van der Waals surface area (Å²) in [6.07, 6.45) is 5.10. The van der Waals surface area contributed by atoms with Gasteiger partial charge in [0, 0.05) is 64.8 Å². The van der Waals surface area contributed by atoms with Crippen LogP contribution in [0.25, 0.3) is 0 Å². The first-order chi connectivity index (χ1) is 13.0. The van der Waals surface area contributed by atoms with Gasteiger partial charge in [0.15, 0.2) is 5.96 Å². The van der Waals surface area contributed by atoms with Crippen molar-refractivity contribution >= 4 is 16.0 Å². The van der Waals surface area contributed by atoms with Gasteiger partial charge in [-0.05, 0) is 6.92 Å². The highest BCUT2D eigenvalue weighted by Gasteiger charge is 2.28. The number of piperazine rings is 1. The van der Waals surface area contributed by atoms with Crippen molar-refractivity contribution in [2.45, 2.75) is 19.2 Å². The Bertz CT molecular complexity index is 852. The third-order valence-electron chi connectivity index (χ3n) is 4.52. The lowest BCUT2D eigenvalue weighted by molar-refractivity contribution is 0.259. The van der Waals surface area contributed by atoms with Crippen LogP contribution in [-0.4, -0.2) is 78.1 Å². The van der Waals surface area contributed by atoms with Crippen LogP contribution in [0.15, 0.2) is 34.2 Å². The van der Waals surface area contributed by atoms with E-state index in [2.05, 4.69) is 29.9 Å². The van der Waals surface area contributed by atoms with Gasteiger partial charge in [0.25, 0.3) is 0 Å². The fourth-order valence-electron chi connectivity index (χ4n) is 3.03. The van der Waals surface area contributed by atoms with Crippen LogP contribution in [0.2, 0.25) is 0 Å². The van der Waals surface area contributed by atoms with E-state index in [0.29, 0.717) is 38.4 Å². The number of imidazole rings is 1. The second kappa shape index (κ2) is 8.53. The number of rotatable bonds is 6. The fraction of sp³-hybridized carbons (Fsp3) is 0.562. The van der Waals surface area contributed by atoms with Crippen LogP contribution in [0.5, 0.6) is 0 Å². The number of guanidine groups is 1. The number of aliphatic imine (C=N–C) groups is 1. The maximum Gasteiger partial charge on any atom is 0.220 e. The molecule has 1 N–H and O–H groups in total. The van der Waals surface area contributed by atoms with Gasteiger partial charge >= 0.3 is 0 Å². The average Bonchev–Trinajstić information content (AvgIpc) is 3.30. The average molecular weight is 395 g/mol. The molecule has 27 heavy (non-hydrogen) atoms. The van der Waals surface area contributed by atoms with E-state index in [0.717, 1.165) is 18.3 Å². The summed E-state index contributed by atoms with van der Waals surface area (Å²) in [5.74, 6) is 1.61. The molecule has 0 atom stereocenters. The van der Waals surface area contributed by atoms with Crippen molar-refractivity contribution in [3.8, 4) is 0 Å². The highest BCUT2D eigenvalue weighted by molar-refractivity contribution is 7.88. The molecule has 2 aromatic rings. The fourth-order valence-corrected chi connectivity index (χ4v) is 4.45. The zero-order chi connectivity index (χ0) is 19.3. The number of hydrogen-bond donors (Lipinski definition) is 1. The zero-order valence-corrected chi connectivity index (χ0v) is 16.4. The minimum Gasteiger partial charge on any atom is -0.364 e. The highest BCUT2D eigenvalue weighted by atomic mass is 32.2. The lowest BCUT2D eigenvalue weighted by Gasteiger charge is -2.35. The highest BCUT2D eigenvalue weighted by Crippen LogP contribution is 2.12. The number of nitrogens with one attached hydrogen (secondary N) is 1. The van der Waals surface area contributed by atoms with Crippen LogP contribution in [0, 0.1) is 6.92 Å². The van der Waals surface area contributed by atoms with Gasteiger partial charge in [0.2, 0.25) is 10.0 Å². The smallest absolute Gasteiger partial charge is 0.220 e. The Balaban J connectivity index is 1.49. The molecule has 0 unspecified atom stereocenters. The topological polar surface area (TPSA) is 109 Å². The molecule has 0 aliphatic carbocycles. The van der Waals surface area contributed by atoms with Gasteiger partial charge in [-0.25, -0.2) is 13.4 Å². The maximum absolute atomic E-state index is 12.5. The molecule has 1 aliphatic heterocycles. The molecule has 0 bridgehead atoms. The van der Waals surface area contributed by atoms with Gasteiger partial charge in [-0.2, -0.15) is 4.31 Å². The minimum atomic E-state index is -3.40. The monoisotopic (exact) mass is 395 g/mol. The normalized spacial score (nSPS) is 16.7. The first kappa shape index (κ1) is 19.4. The summed E-state index contributed by atoms with van der Waals surface area (Å²) < 4.78 is 33.3. The summed E-state index contributed by atoms with van der Waals surface area (Å²) in [6.45, 7) is 5.48. The van der Waals surface area contributed by atoms with E-state index in [-0.39, 0.29) is 5.75 Å². The van der Waals surface area contributed by atoms with E-state index >= 15 is 0 Å². The molecular formula is C16H25N7O3S. The molecule has 0 saturated carbocycles. The maximum atomic E-state index is 12.5. The molecule has 0 radical (unpaired) electrons. The van der Waals surface area contributed by atoms with Crippen LogP contribution in [0.4, 0.5) is 0 Å². The van der Waals surface area contributed by atoms with Crippen molar-refractivity contribution in [1.82, 2.24) is 29.2 Å². The number of nitrogens with zero attached hydrogens (tertiary/aromatic N) is 6. The Labute approximate surface area is 158 Å². The van der Waals surface area contributed by atoms with Crippen LogP contribution in [0.3, 0.4) is 0 Å². The standard InChI is InChI=1S/C16H25N7O3S/c1-14-18-4-6-21(14)7-5-19-16(17-2)22-8-10-23(11-9-22)27(24,25)13-15-3-12-26-20-15/h3-4,6,12H,5,7-11,13H2,1-2H3,(H,17,19). The van der Waals surface area contributed by atoms with Gasteiger partial charge in [-0.1, -0.05) is 5.16 Å². The van der Waals surface area contributed by atoms with E-state index < -0.39 is 10.0 Å². The van der Waals surface area contributed by atoms with Crippen molar-refractivity contribution < 1.29 is 12.9 Å². The van der Waals surface area contributed by atoms with Gasteiger partial charge < -0.3 is 19.3 Å². The number of aromatic nitrogens is 3. The molecule has 11 heteroatoms. The SMILES string of the molecule is CN=C(NCCn1ccnc1C)N1CCN(S(=O)(=O)Cc2ccon2)CC1. The van der Waals surface area contributed by atoms with E-state index in [1.807, 2.05) is 13.1 Å². The summed E-state index contributed by atoms with van der Waals surface area (Å²) in [5, 5.41) is 7.02. The largest absolute Gasteiger partial charge is 0.364 e. The molecular weight excluding hydrogens is 370 g/mol. The zero-order valence-electron chi connectivity index (χ0n) is 15.6. The molecule has 10 nitrogen and oxygen atoms in total. The summed E-state index contributed by atoms with van der Waals surface area (Å²) in [4.78, 5) is 10.6. The third-order valence-corrected chi connectivity index (χ3v) is 6.34.